The van der Waals surface area contributed by atoms with Crippen LogP contribution in [-0.2, 0) is 0 Å². The molecule has 72 valence electrons. The Hall–Kier alpha value is -0.610. The molecule has 0 radical (unpaired) electrons. The van der Waals surface area contributed by atoms with Gasteiger partial charge in [-0.2, -0.15) is 0 Å². The highest BCUT2D eigenvalue weighted by atomic mass is 79.9. The molecule has 0 aliphatic heterocycles. The fourth-order valence-corrected chi connectivity index (χ4v) is 1.49. The Morgan fingerprint density at radius 2 is 2.23 bits per heavy atom. The van der Waals surface area contributed by atoms with Gasteiger partial charge in [0.1, 0.15) is 11.6 Å². The number of hydrogen-bond acceptors (Lipinski definition) is 2. The van der Waals surface area contributed by atoms with Crippen molar-refractivity contribution in [2.45, 2.75) is 12.8 Å². The van der Waals surface area contributed by atoms with Crippen LogP contribution in [0.3, 0.4) is 0 Å². The van der Waals surface area contributed by atoms with E-state index in [4.69, 9.17) is 5.73 Å². The van der Waals surface area contributed by atoms with Gasteiger partial charge >= 0.3 is 0 Å². The molecule has 0 saturated heterocycles. The van der Waals surface area contributed by atoms with Crippen molar-refractivity contribution < 1.29 is 9.50 Å². The molecule has 0 bridgehead atoms. The minimum atomic E-state index is -0.418. The summed E-state index contributed by atoms with van der Waals surface area (Å²) in [5.41, 5.74) is 5.67. The van der Waals surface area contributed by atoms with Gasteiger partial charge in [0, 0.05) is 5.56 Å². The van der Waals surface area contributed by atoms with Gasteiger partial charge in [-0.05, 0) is 40.5 Å². The number of hydrogen-bond donors (Lipinski definition) is 2. The second-order valence-corrected chi connectivity index (χ2v) is 3.78. The van der Waals surface area contributed by atoms with E-state index in [2.05, 4.69) is 15.9 Å². The van der Waals surface area contributed by atoms with Crippen LogP contribution in [0.1, 0.15) is 18.4 Å². The van der Waals surface area contributed by atoms with Crippen LogP contribution < -0.4 is 5.73 Å². The lowest BCUT2D eigenvalue weighted by Gasteiger charge is -2.12. The average Bonchev–Trinajstić information content (AvgIpc) is 2.12. The topological polar surface area (TPSA) is 46.2 Å². The van der Waals surface area contributed by atoms with Crippen LogP contribution in [0.15, 0.2) is 16.6 Å². The lowest BCUT2D eigenvalue weighted by molar-refractivity contribution is 0.448. The van der Waals surface area contributed by atoms with Gasteiger partial charge in [-0.1, -0.05) is 6.92 Å². The monoisotopic (exact) mass is 247 g/mol. The smallest absolute Gasteiger partial charge is 0.136 e. The zero-order valence-corrected chi connectivity index (χ0v) is 8.81. The Balaban J connectivity index is 3.25. The summed E-state index contributed by atoms with van der Waals surface area (Å²) in [7, 11) is 0. The molecule has 1 atom stereocenters. The van der Waals surface area contributed by atoms with E-state index in [0.29, 0.717) is 11.0 Å². The largest absolute Gasteiger partial charge is 0.506 e. The minimum absolute atomic E-state index is 0.0575. The number of aromatic hydroxyl groups is 1. The van der Waals surface area contributed by atoms with E-state index in [0.717, 1.165) is 0 Å². The first-order valence-electron chi connectivity index (χ1n) is 3.94. The van der Waals surface area contributed by atoms with Crippen molar-refractivity contribution in [3.8, 4) is 5.75 Å². The predicted octanol–water partition coefficient (Wildman–Crippen LogP) is 2.36. The zero-order valence-electron chi connectivity index (χ0n) is 7.22. The molecule has 1 rings (SSSR count). The van der Waals surface area contributed by atoms with Crippen LogP contribution in [-0.4, -0.2) is 11.7 Å². The van der Waals surface area contributed by atoms with Gasteiger partial charge in [-0.3, -0.25) is 0 Å². The van der Waals surface area contributed by atoms with Gasteiger partial charge in [0.2, 0.25) is 0 Å². The summed E-state index contributed by atoms with van der Waals surface area (Å²) in [6.45, 7) is 2.07. The summed E-state index contributed by atoms with van der Waals surface area (Å²) in [6.07, 6.45) is 0. The van der Waals surface area contributed by atoms with Crippen molar-refractivity contribution in [1.29, 1.82) is 0 Å². The van der Waals surface area contributed by atoms with E-state index in [1.807, 2.05) is 0 Å². The molecule has 0 saturated carbocycles. The van der Waals surface area contributed by atoms with Crippen molar-refractivity contribution in [2.75, 3.05) is 6.54 Å². The molecule has 0 fully saturated rings. The molecular weight excluding hydrogens is 237 g/mol. The summed E-state index contributed by atoms with van der Waals surface area (Å²) in [5, 5.41) is 9.54. The summed E-state index contributed by atoms with van der Waals surface area (Å²) < 4.78 is 13.7. The highest BCUT2D eigenvalue weighted by Gasteiger charge is 2.16. The van der Waals surface area contributed by atoms with E-state index in [9.17, 15) is 9.50 Å². The molecule has 0 spiro atoms. The number of phenolic OH excluding ortho intramolecular Hbond substituents is 1. The van der Waals surface area contributed by atoms with Crippen molar-refractivity contribution >= 4 is 15.9 Å². The standard InChI is InChI=1S/C9H11BrFNO/c1-5(4-12)8-7(11)3-2-6(10)9(8)13/h2-3,5,13H,4,12H2,1H3. The summed E-state index contributed by atoms with van der Waals surface area (Å²) in [6, 6.07) is 2.78. The predicted molar refractivity (Wildman–Crippen MR) is 53.2 cm³/mol. The third-order valence-electron chi connectivity index (χ3n) is 1.96. The fraction of sp³-hybridized carbons (Fsp3) is 0.333. The SMILES string of the molecule is CC(CN)c1c(F)ccc(Br)c1O. The summed E-state index contributed by atoms with van der Waals surface area (Å²) in [4.78, 5) is 0. The average molecular weight is 248 g/mol. The molecule has 2 nitrogen and oxygen atoms in total. The van der Waals surface area contributed by atoms with Crippen LogP contribution in [0.5, 0.6) is 5.75 Å². The molecule has 0 aliphatic carbocycles. The molecule has 0 aromatic heterocycles. The molecule has 4 heteroatoms. The molecule has 0 amide bonds. The maximum absolute atomic E-state index is 13.2. The third-order valence-corrected chi connectivity index (χ3v) is 2.60. The third kappa shape index (κ3) is 2.00. The van der Waals surface area contributed by atoms with E-state index in [1.54, 1.807) is 6.92 Å². The number of phenols is 1. The van der Waals surface area contributed by atoms with Gasteiger partial charge < -0.3 is 10.8 Å². The van der Waals surface area contributed by atoms with Crippen LogP contribution >= 0.6 is 15.9 Å². The molecule has 0 heterocycles. The Bertz CT molecular complexity index is 317. The number of halogens is 2. The quantitative estimate of drug-likeness (QED) is 0.843. The first-order chi connectivity index (χ1) is 6.07. The maximum Gasteiger partial charge on any atom is 0.136 e. The van der Waals surface area contributed by atoms with Crippen LogP contribution in [0, 0.1) is 5.82 Å². The highest BCUT2D eigenvalue weighted by molar-refractivity contribution is 9.10. The van der Waals surface area contributed by atoms with Gasteiger partial charge in [0.25, 0.3) is 0 Å². The molecular formula is C9H11BrFNO. The zero-order chi connectivity index (χ0) is 10.0. The first-order valence-corrected chi connectivity index (χ1v) is 4.74. The lowest BCUT2D eigenvalue weighted by Crippen LogP contribution is -2.10. The number of benzene rings is 1. The maximum atomic E-state index is 13.2. The van der Waals surface area contributed by atoms with Crippen LogP contribution in [0.25, 0.3) is 0 Å². The minimum Gasteiger partial charge on any atom is -0.506 e. The molecule has 1 unspecified atom stereocenters. The van der Waals surface area contributed by atoms with Gasteiger partial charge in [0.15, 0.2) is 0 Å². The van der Waals surface area contributed by atoms with Gasteiger partial charge in [-0.15, -0.1) is 0 Å². The highest BCUT2D eigenvalue weighted by Crippen LogP contribution is 2.34. The number of rotatable bonds is 2. The van der Waals surface area contributed by atoms with E-state index < -0.39 is 5.82 Å². The van der Waals surface area contributed by atoms with Crippen molar-refractivity contribution in [1.82, 2.24) is 0 Å². The Morgan fingerprint density at radius 3 is 2.77 bits per heavy atom. The van der Waals surface area contributed by atoms with Crippen molar-refractivity contribution in [3.05, 3.63) is 28.0 Å². The molecule has 0 aliphatic rings. The van der Waals surface area contributed by atoms with E-state index in [1.165, 1.54) is 12.1 Å². The van der Waals surface area contributed by atoms with Crippen molar-refractivity contribution in [2.24, 2.45) is 5.73 Å². The molecule has 1 aromatic rings. The van der Waals surface area contributed by atoms with Crippen LogP contribution in [0.4, 0.5) is 4.39 Å². The molecule has 3 N–H and O–H groups in total. The second kappa shape index (κ2) is 4.07. The van der Waals surface area contributed by atoms with Crippen LogP contribution in [0.2, 0.25) is 0 Å². The summed E-state index contributed by atoms with van der Waals surface area (Å²) in [5.74, 6) is -0.658. The normalized spacial score (nSPS) is 12.9. The Labute approximate surface area is 84.7 Å². The number of nitrogens with two attached hydrogens (primary N) is 1. The van der Waals surface area contributed by atoms with Crippen molar-refractivity contribution in [3.63, 3.8) is 0 Å². The molecule has 13 heavy (non-hydrogen) atoms. The Morgan fingerprint density at radius 1 is 1.62 bits per heavy atom. The fourth-order valence-electron chi connectivity index (χ4n) is 1.14. The lowest BCUT2D eigenvalue weighted by atomic mass is 10.00. The Kier molecular flexibility index (Phi) is 3.27. The second-order valence-electron chi connectivity index (χ2n) is 2.93. The first kappa shape index (κ1) is 10.5. The van der Waals surface area contributed by atoms with Gasteiger partial charge in [-0.25, -0.2) is 4.39 Å². The summed E-state index contributed by atoms with van der Waals surface area (Å²) >= 11 is 3.12. The van der Waals surface area contributed by atoms with E-state index >= 15 is 0 Å². The van der Waals surface area contributed by atoms with Gasteiger partial charge in [0.05, 0.1) is 4.47 Å². The van der Waals surface area contributed by atoms with E-state index in [-0.39, 0.29) is 17.2 Å². The molecule has 1 aromatic carbocycles.